The molecule has 0 radical (unpaired) electrons. The van der Waals surface area contributed by atoms with Crippen LogP contribution in [0, 0.1) is 5.92 Å². The van der Waals surface area contributed by atoms with Crippen LogP contribution in [0.4, 0.5) is 0 Å². The average Bonchev–Trinajstić information content (AvgIpc) is 3.00. The van der Waals surface area contributed by atoms with E-state index in [2.05, 4.69) is 42.1 Å². The van der Waals surface area contributed by atoms with Gasteiger partial charge in [-0.15, -0.1) is 0 Å². The number of amides is 1. The van der Waals surface area contributed by atoms with Gasteiger partial charge in [0.25, 0.3) is 0 Å². The molecule has 0 aliphatic rings. The molecule has 0 saturated carbocycles. The Hall–Kier alpha value is -1.39. The van der Waals surface area contributed by atoms with E-state index in [0.29, 0.717) is 12.5 Å². The van der Waals surface area contributed by atoms with Gasteiger partial charge in [0, 0.05) is 19.2 Å². The molecule has 0 aliphatic heterocycles. The number of allylic oxidation sites excluding steroid dienone is 3. The van der Waals surface area contributed by atoms with Crippen LogP contribution < -0.4 is 5.32 Å². The van der Waals surface area contributed by atoms with Crippen molar-refractivity contribution in [3.8, 4) is 0 Å². The molecular weight excluding hydrogens is 294 g/mol. The molecular formula is C18H27NO2S. The first-order valence-electron chi connectivity index (χ1n) is 7.88. The number of hydrogen-bond donors (Lipinski definition) is 1. The van der Waals surface area contributed by atoms with Gasteiger partial charge in [-0.2, -0.15) is 11.3 Å². The first-order valence-corrected chi connectivity index (χ1v) is 8.82. The van der Waals surface area contributed by atoms with Crippen molar-refractivity contribution in [2.24, 2.45) is 5.92 Å². The number of hydrogen-bond acceptors (Lipinski definition) is 3. The molecule has 1 aromatic rings. The Balaban J connectivity index is 1.94. The van der Waals surface area contributed by atoms with Gasteiger partial charge >= 0.3 is 0 Å². The second-order valence-corrected chi connectivity index (χ2v) is 6.39. The topological polar surface area (TPSA) is 38.3 Å². The van der Waals surface area contributed by atoms with E-state index in [1.54, 1.807) is 23.5 Å². The third-order valence-corrected chi connectivity index (χ3v) is 3.67. The summed E-state index contributed by atoms with van der Waals surface area (Å²) >= 11 is 1.70. The highest BCUT2D eigenvalue weighted by molar-refractivity contribution is 7.07. The van der Waals surface area contributed by atoms with E-state index in [1.165, 1.54) is 5.56 Å². The van der Waals surface area contributed by atoms with E-state index in [-0.39, 0.29) is 5.91 Å². The molecule has 0 spiro atoms. The number of unbranched alkanes of at least 4 members (excludes halogenated alkanes) is 2. The number of carbonyl (C=O) groups is 1. The van der Waals surface area contributed by atoms with Crippen molar-refractivity contribution in [1.29, 1.82) is 0 Å². The minimum atomic E-state index is -0.0276. The zero-order chi connectivity index (χ0) is 16.0. The lowest BCUT2D eigenvalue weighted by molar-refractivity contribution is -0.116. The number of ether oxygens (including phenoxy) is 1. The van der Waals surface area contributed by atoms with Crippen LogP contribution in [0.2, 0.25) is 0 Å². The van der Waals surface area contributed by atoms with Crippen molar-refractivity contribution in [3.63, 3.8) is 0 Å². The fourth-order valence-corrected chi connectivity index (χ4v) is 2.37. The molecule has 1 heterocycles. The molecule has 1 N–H and O–H groups in total. The van der Waals surface area contributed by atoms with E-state index in [1.807, 2.05) is 6.08 Å². The van der Waals surface area contributed by atoms with Crippen molar-refractivity contribution < 1.29 is 9.53 Å². The van der Waals surface area contributed by atoms with Crippen molar-refractivity contribution in [2.45, 2.75) is 39.7 Å². The van der Waals surface area contributed by atoms with Gasteiger partial charge in [-0.25, -0.2) is 0 Å². The second-order valence-electron chi connectivity index (χ2n) is 5.61. The first-order chi connectivity index (χ1) is 10.7. The van der Waals surface area contributed by atoms with Crippen LogP contribution in [-0.4, -0.2) is 19.1 Å². The fraction of sp³-hybridized carbons (Fsp3) is 0.500. The summed E-state index contributed by atoms with van der Waals surface area (Å²) in [7, 11) is 0. The average molecular weight is 321 g/mol. The van der Waals surface area contributed by atoms with Gasteiger partial charge in [0.05, 0.1) is 6.61 Å². The zero-order valence-corrected chi connectivity index (χ0v) is 14.4. The van der Waals surface area contributed by atoms with Crippen LogP contribution in [0.3, 0.4) is 0 Å². The van der Waals surface area contributed by atoms with Crippen LogP contribution in [-0.2, 0) is 16.1 Å². The van der Waals surface area contributed by atoms with Crippen molar-refractivity contribution in [3.05, 3.63) is 46.7 Å². The van der Waals surface area contributed by atoms with Gasteiger partial charge in [0.2, 0.25) is 5.91 Å². The third-order valence-electron chi connectivity index (χ3n) is 2.94. The fourth-order valence-electron chi connectivity index (χ4n) is 1.71. The van der Waals surface area contributed by atoms with Gasteiger partial charge in [-0.05, 0) is 47.6 Å². The van der Waals surface area contributed by atoms with Gasteiger partial charge in [-0.1, -0.05) is 32.1 Å². The Kier molecular flexibility index (Phi) is 10.3. The lowest BCUT2D eigenvalue weighted by atomic mass is 10.2. The first kappa shape index (κ1) is 18.7. The minimum Gasteiger partial charge on any atom is -0.377 e. The van der Waals surface area contributed by atoms with Crippen molar-refractivity contribution in [2.75, 3.05) is 13.2 Å². The summed E-state index contributed by atoms with van der Waals surface area (Å²) in [5, 5.41) is 7.03. The highest BCUT2D eigenvalue weighted by atomic mass is 32.1. The predicted octanol–water partition coefficient (Wildman–Crippen LogP) is 4.32. The minimum absolute atomic E-state index is 0.0276. The quantitative estimate of drug-likeness (QED) is 0.374. The lowest BCUT2D eigenvalue weighted by Gasteiger charge is -2.03. The largest absolute Gasteiger partial charge is 0.377 e. The van der Waals surface area contributed by atoms with Crippen LogP contribution >= 0.6 is 11.3 Å². The standard InChI is InChI=1S/C18H27NO2S/c1-16(2)13-19-18(20)9-7-5-3-4-6-8-11-21-14-17-10-12-22-15-17/h3,5,7,9-10,12,15-16H,4,6,8,11,13-14H2,1-2H3,(H,19,20)/b5-3+,9-7+. The van der Waals surface area contributed by atoms with Crippen molar-refractivity contribution >= 4 is 17.2 Å². The van der Waals surface area contributed by atoms with Gasteiger partial charge in [0.1, 0.15) is 0 Å². The summed E-state index contributed by atoms with van der Waals surface area (Å²) in [6.45, 7) is 6.39. The molecule has 3 nitrogen and oxygen atoms in total. The number of thiophene rings is 1. The highest BCUT2D eigenvalue weighted by Crippen LogP contribution is 2.07. The summed E-state index contributed by atoms with van der Waals surface area (Å²) in [5.41, 5.74) is 1.26. The van der Waals surface area contributed by atoms with Gasteiger partial charge in [-0.3, -0.25) is 4.79 Å². The maximum Gasteiger partial charge on any atom is 0.243 e. The van der Waals surface area contributed by atoms with E-state index < -0.39 is 0 Å². The summed E-state index contributed by atoms with van der Waals surface area (Å²) in [6.07, 6.45) is 10.6. The van der Waals surface area contributed by atoms with E-state index in [4.69, 9.17) is 4.74 Å². The van der Waals surface area contributed by atoms with Crippen LogP contribution in [0.5, 0.6) is 0 Å². The molecule has 1 amide bonds. The zero-order valence-electron chi connectivity index (χ0n) is 13.6. The van der Waals surface area contributed by atoms with E-state index in [9.17, 15) is 4.79 Å². The molecule has 1 aromatic heterocycles. The summed E-state index contributed by atoms with van der Waals surface area (Å²) in [5.74, 6) is 0.454. The Morgan fingerprint density at radius 2 is 2.23 bits per heavy atom. The highest BCUT2D eigenvalue weighted by Gasteiger charge is 1.96. The van der Waals surface area contributed by atoms with Gasteiger partial charge in [0.15, 0.2) is 0 Å². The number of carbonyl (C=O) groups excluding carboxylic acids is 1. The summed E-state index contributed by atoms with van der Waals surface area (Å²) in [6, 6.07) is 2.09. The molecule has 0 fully saturated rings. The monoisotopic (exact) mass is 321 g/mol. The molecule has 0 saturated heterocycles. The maximum atomic E-state index is 11.4. The normalized spacial score (nSPS) is 11.8. The molecule has 0 aliphatic carbocycles. The summed E-state index contributed by atoms with van der Waals surface area (Å²) in [4.78, 5) is 11.4. The SMILES string of the molecule is CC(C)CNC(=O)/C=C/C=C/CCCCOCc1ccsc1. The Bertz CT molecular complexity index is 450. The maximum absolute atomic E-state index is 11.4. The number of nitrogens with one attached hydrogen (secondary N) is 1. The molecule has 122 valence electrons. The molecule has 4 heteroatoms. The Morgan fingerprint density at radius 1 is 1.36 bits per heavy atom. The van der Waals surface area contributed by atoms with Crippen LogP contribution in [0.1, 0.15) is 38.7 Å². The molecule has 1 rings (SSSR count). The molecule has 0 aromatic carbocycles. The molecule has 0 unspecified atom stereocenters. The molecule has 0 bridgehead atoms. The van der Waals surface area contributed by atoms with Gasteiger partial charge < -0.3 is 10.1 Å². The molecule has 22 heavy (non-hydrogen) atoms. The molecule has 0 atom stereocenters. The van der Waals surface area contributed by atoms with E-state index in [0.717, 1.165) is 32.4 Å². The summed E-state index contributed by atoms with van der Waals surface area (Å²) < 4.78 is 5.60. The Morgan fingerprint density at radius 3 is 2.95 bits per heavy atom. The number of rotatable bonds is 11. The second kappa shape index (κ2) is 12.2. The van der Waals surface area contributed by atoms with Crippen molar-refractivity contribution in [1.82, 2.24) is 5.32 Å². The van der Waals surface area contributed by atoms with Crippen LogP contribution in [0.25, 0.3) is 0 Å². The Labute approximate surface area is 138 Å². The smallest absolute Gasteiger partial charge is 0.243 e. The predicted molar refractivity (Wildman–Crippen MR) is 94.0 cm³/mol. The third kappa shape index (κ3) is 10.4. The lowest BCUT2D eigenvalue weighted by Crippen LogP contribution is -2.25. The van der Waals surface area contributed by atoms with Crippen LogP contribution in [0.15, 0.2) is 41.1 Å². The van der Waals surface area contributed by atoms with E-state index >= 15 is 0 Å².